The number of hydrogen-bond acceptors (Lipinski definition) is 4. The summed E-state index contributed by atoms with van der Waals surface area (Å²) in [6, 6.07) is 13.0. The Hall–Kier alpha value is -3.33. The first-order valence-electron chi connectivity index (χ1n) is 9.85. The number of nitrogens with zero attached hydrogens (tertiary/aromatic N) is 2. The van der Waals surface area contributed by atoms with Crippen LogP contribution in [0, 0.1) is 25.2 Å². The zero-order valence-electron chi connectivity index (χ0n) is 17.1. The second-order valence-electron chi connectivity index (χ2n) is 7.56. The number of carbonyl (C=O) groups excluding carboxylic acids is 2. The van der Waals surface area contributed by atoms with Crippen LogP contribution in [0.5, 0.6) is 0 Å². The summed E-state index contributed by atoms with van der Waals surface area (Å²) in [4.78, 5) is 27.2. The Balaban J connectivity index is 1.64. The molecule has 29 heavy (non-hydrogen) atoms. The molecular weight excluding hydrogens is 364 g/mol. The zero-order valence-corrected chi connectivity index (χ0v) is 17.1. The fourth-order valence-electron chi connectivity index (χ4n) is 3.61. The molecule has 0 aliphatic carbocycles. The Bertz CT molecular complexity index is 960. The van der Waals surface area contributed by atoms with Gasteiger partial charge in [0.2, 0.25) is 5.91 Å². The Labute approximate surface area is 171 Å². The molecule has 6 nitrogen and oxygen atoms in total. The molecule has 6 heteroatoms. The van der Waals surface area contributed by atoms with Gasteiger partial charge < -0.3 is 15.5 Å². The second-order valence-corrected chi connectivity index (χ2v) is 7.56. The summed E-state index contributed by atoms with van der Waals surface area (Å²) in [5.74, 6) is -0.111. The van der Waals surface area contributed by atoms with E-state index in [1.54, 1.807) is 24.3 Å². The Morgan fingerprint density at radius 2 is 1.90 bits per heavy atom. The third-order valence-electron chi connectivity index (χ3n) is 5.36. The van der Waals surface area contributed by atoms with Crippen LogP contribution in [0.25, 0.3) is 0 Å². The molecule has 1 fully saturated rings. The zero-order chi connectivity index (χ0) is 21.0. The summed E-state index contributed by atoms with van der Waals surface area (Å²) in [5.41, 5.74) is 4.47. The van der Waals surface area contributed by atoms with Gasteiger partial charge in [0.15, 0.2) is 0 Å². The smallest absolute Gasteiger partial charge is 0.254 e. The number of nitrogens with one attached hydrogen (secondary N) is 2. The van der Waals surface area contributed by atoms with Gasteiger partial charge in [0.25, 0.3) is 5.91 Å². The number of benzene rings is 2. The van der Waals surface area contributed by atoms with Gasteiger partial charge in [-0.05, 0) is 81.1 Å². The van der Waals surface area contributed by atoms with Crippen molar-refractivity contribution in [2.75, 3.05) is 23.7 Å². The number of aryl methyl sites for hydroxylation is 2. The molecule has 2 N–H and O–H groups in total. The fourth-order valence-corrected chi connectivity index (χ4v) is 3.61. The van der Waals surface area contributed by atoms with Gasteiger partial charge in [-0.25, -0.2) is 0 Å². The number of hydrogen-bond donors (Lipinski definition) is 2. The van der Waals surface area contributed by atoms with E-state index >= 15 is 0 Å². The third-order valence-corrected chi connectivity index (χ3v) is 5.36. The molecule has 1 saturated heterocycles. The second kappa shape index (κ2) is 8.78. The maximum atomic E-state index is 12.9. The van der Waals surface area contributed by atoms with E-state index in [0.29, 0.717) is 16.8 Å². The Morgan fingerprint density at radius 1 is 1.17 bits per heavy atom. The SMILES string of the molecule is Cc1cc(C(=O)N2CCCC2C)c(C)cc1NC(=O)CNc1ccc(C#N)cc1. The summed E-state index contributed by atoms with van der Waals surface area (Å²) >= 11 is 0. The minimum Gasteiger partial charge on any atom is -0.376 e. The van der Waals surface area contributed by atoms with Crippen LogP contribution in [0.1, 0.15) is 46.8 Å². The van der Waals surface area contributed by atoms with E-state index in [2.05, 4.69) is 23.6 Å². The average Bonchev–Trinajstić information content (AvgIpc) is 3.14. The van der Waals surface area contributed by atoms with Crippen LogP contribution in [0.4, 0.5) is 11.4 Å². The van der Waals surface area contributed by atoms with Crippen LogP contribution in [-0.2, 0) is 4.79 Å². The topological polar surface area (TPSA) is 85.2 Å². The highest BCUT2D eigenvalue weighted by Gasteiger charge is 2.27. The summed E-state index contributed by atoms with van der Waals surface area (Å²) in [6.07, 6.45) is 2.09. The lowest BCUT2D eigenvalue weighted by Crippen LogP contribution is -2.34. The van der Waals surface area contributed by atoms with E-state index in [-0.39, 0.29) is 24.4 Å². The highest BCUT2D eigenvalue weighted by Crippen LogP contribution is 2.25. The molecule has 1 atom stereocenters. The van der Waals surface area contributed by atoms with Crippen LogP contribution < -0.4 is 10.6 Å². The predicted octanol–water partition coefficient (Wildman–Crippen LogP) is 3.85. The highest BCUT2D eigenvalue weighted by atomic mass is 16.2. The van der Waals surface area contributed by atoms with Crippen LogP contribution in [0.15, 0.2) is 36.4 Å². The van der Waals surface area contributed by atoms with Crippen molar-refractivity contribution in [1.82, 2.24) is 4.90 Å². The van der Waals surface area contributed by atoms with Crippen molar-refractivity contribution in [1.29, 1.82) is 5.26 Å². The largest absolute Gasteiger partial charge is 0.376 e. The fraction of sp³-hybridized carbons (Fsp3) is 0.348. The van der Waals surface area contributed by atoms with E-state index < -0.39 is 0 Å². The van der Waals surface area contributed by atoms with Crippen LogP contribution in [-0.4, -0.2) is 35.8 Å². The normalized spacial score (nSPS) is 15.7. The van der Waals surface area contributed by atoms with Gasteiger partial charge in [-0.2, -0.15) is 5.26 Å². The van der Waals surface area contributed by atoms with Crippen LogP contribution in [0.3, 0.4) is 0 Å². The van der Waals surface area contributed by atoms with Gasteiger partial charge in [-0.15, -0.1) is 0 Å². The molecule has 0 aromatic heterocycles. The van der Waals surface area contributed by atoms with Gasteiger partial charge >= 0.3 is 0 Å². The Morgan fingerprint density at radius 3 is 2.52 bits per heavy atom. The van der Waals surface area contributed by atoms with Crippen molar-refractivity contribution in [3.8, 4) is 6.07 Å². The van der Waals surface area contributed by atoms with Gasteiger partial charge in [0, 0.05) is 29.5 Å². The van der Waals surface area contributed by atoms with E-state index in [0.717, 1.165) is 36.2 Å². The van der Waals surface area contributed by atoms with Gasteiger partial charge in [0.05, 0.1) is 18.2 Å². The predicted molar refractivity (Wildman–Crippen MR) is 114 cm³/mol. The standard InChI is InChI=1S/C23H26N4O2/c1-15-12-21(16(2)11-20(15)23(29)27-10-4-5-17(27)3)26-22(28)14-25-19-8-6-18(13-24)7-9-19/h6-9,11-12,17,25H,4-5,10,14H2,1-3H3,(H,26,28). The molecule has 0 bridgehead atoms. The molecule has 2 amide bonds. The van der Waals surface area contributed by atoms with Gasteiger partial charge in [0.1, 0.15) is 0 Å². The summed E-state index contributed by atoms with van der Waals surface area (Å²) in [5, 5.41) is 14.8. The minimum atomic E-state index is -0.177. The molecular formula is C23H26N4O2. The van der Waals surface area contributed by atoms with Crippen molar-refractivity contribution in [3.63, 3.8) is 0 Å². The molecule has 3 rings (SSSR count). The molecule has 150 valence electrons. The lowest BCUT2D eigenvalue weighted by atomic mass is 10.0. The summed E-state index contributed by atoms with van der Waals surface area (Å²) in [7, 11) is 0. The molecule has 1 aliphatic rings. The van der Waals surface area contributed by atoms with Crippen molar-refractivity contribution < 1.29 is 9.59 Å². The molecule has 0 saturated carbocycles. The minimum absolute atomic E-state index is 0.0657. The number of nitriles is 1. The lowest BCUT2D eigenvalue weighted by molar-refractivity contribution is -0.114. The van der Waals surface area contributed by atoms with Crippen molar-refractivity contribution >= 4 is 23.2 Å². The third kappa shape index (κ3) is 4.75. The molecule has 1 unspecified atom stereocenters. The monoisotopic (exact) mass is 390 g/mol. The first-order valence-corrected chi connectivity index (χ1v) is 9.85. The first kappa shape index (κ1) is 20.4. The molecule has 1 aliphatic heterocycles. The molecule has 2 aromatic carbocycles. The number of rotatable bonds is 5. The summed E-state index contributed by atoms with van der Waals surface area (Å²) < 4.78 is 0. The van der Waals surface area contributed by atoms with E-state index in [9.17, 15) is 9.59 Å². The van der Waals surface area contributed by atoms with E-state index in [4.69, 9.17) is 5.26 Å². The Kier molecular flexibility index (Phi) is 6.18. The van der Waals surface area contributed by atoms with Crippen molar-refractivity contribution in [3.05, 3.63) is 58.7 Å². The number of anilines is 2. The summed E-state index contributed by atoms with van der Waals surface area (Å²) in [6.45, 7) is 6.79. The van der Waals surface area contributed by atoms with E-state index in [1.165, 1.54) is 0 Å². The van der Waals surface area contributed by atoms with E-state index in [1.807, 2.05) is 30.9 Å². The first-order chi connectivity index (χ1) is 13.9. The van der Waals surface area contributed by atoms with Crippen LogP contribution in [0.2, 0.25) is 0 Å². The number of carbonyl (C=O) groups is 2. The molecule has 0 radical (unpaired) electrons. The molecule has 2 aromatic rings. The maximum Gasteiger partial charge on any atom is 0.254 e. The number of amides is 2. The lowest BCUT2D eigenvalue weighted by Gasteiger charge is -2.23. The van der Waals surface area contributed by atoms with Crippen LogP contribution >= 0.6 is 0 Å². The van der Waals surface area contributed by atoms with Crippen molar-refractivity contribution in [2.24, 2.45) is 0 Å². The maximum absolute atomic E-state index is 12.9. The van der Waals surface area contributed by atoms with Gasteiger partial charge in [-0.1, -0.05) is 0 Å². The van der Waals surface area contributed by atoms with Gasteiger partial charge in [-0.3, -0.25) is 9.59 Å². The number of likely N-dealkylation sites (tertiary alicyclic amines) is 1. The highest BCUT2D eigenvalue weighted by molar-refractivity contribution is 5.99. The average molecular weight is 390 g/mol. The quantitative estimate of drug-likeness (QED) is 0.812. The molecule has 1 heterocycles. The van der Waals surface area contributed by atoms with Crippen molar-refractivity contribution in [2.45, 2.75) is 39.7 Å². The molecule has 0 spiro atoms.